The van der Waals surface area contributed by atoms with Crippen LogP contribution in [0.3, 0.4) is 0 Å². The first kappa shape index (κ1) is 18.9. The molecular formula is C18H22N4O5S. The third-order valence-electron chi connectivity index (χ3n) is 4.90. The molecule has 9 nitrogen and oxygen atoms in total. The van der Waals surface area contributed by atoms with Gasteiger partial charge in [0.15, 0.2) is 11.5 Å². The number of ether oxygens (including phenoxy) is 3. The van der Waals surface area contributed by atoms with Gasteiger partial charge in [-0.1, -0.05) is 0 Å². The lowest BCUT2D eigenvalue weighted by molar-refractivity contribution is 0.122. The van der Waals surface area contributed by atoms with Crippen LogP contribution in [0.15, 0.2) is 29.3 Å². The van der Waals surface area contributed by atoms with Gasteiger partial charge in [0.25, 0.3) is 0 Å². The van der Waals surface area contributed by atoms with Gasteiger partial charge in [0.05, 0.1) is 44.6 Å². The zero-order valence-electron chi connectivity index (χ0n) is 15.8. The van der Waals surface area contributed by atoms with E-state index in [-0.39, 0.29) is 18.0 Å². The van der Waals surface area contributed by atoms with E-state index in [0.717, 1.165) is 24.3 Å². The van der Waals surface area contributed by atoms with Crippen LogP contribution in [0.1, 0.15) is 11.3 Å². The molecule has 0 spiro atoms. The Morgan fingerprint density at radius 1 is 1.07 bits per heavy atom. The summed E-state index contributed by atoms with van der Waals surface area (Å²) < 4.78 is 43.4. The Balaban J connectivity index is 1.58. The number of sulfonamides is 1. The lowest BCUT2D eigenvalue weighted by atomic mass is 10.3. The molecule has 150 valence electrons. The Hall–Kier alpha value is -2.43. The fraction of sp³-hybridized carbons (Fsp3) is 0.444. The lowest BCUT2D eigenvalue weighted by Gasteiger charge is -2.26. The minimum Gasteiger partial charge on any atom is -0.493 e. The smallest absolute Gasteiger partial charge is 0.243 e. The SMILES string of the molecule is COc1ccc(S(=O)(=O)N2Cc3cnc(N4CCOCC4)nc3C2)cc1OC. The maximum atomic E-state index is 13.1. The Kier molecular flexibility index (Phi) is 5.09. The second-order valence-electron chi connectivity index (χ2n) is 6.53. The average molecular weight is 406 g/mol. The second kappa shape index (κ2) is 7.53. The van der Waals surface area contributed by atoms with E-state index < -0.39 is 10.0 Å². The van der Waals surface area contributed by atoms with E-state index in [0.29, 0.717) is 30.7 Å². The van der Waals surface area contributed by atoms with Gasteiger partial charge in [0, 0.05) is 37.5 Å². The molecule has 2 aliphatic rings. The van der Waals surface area contributed by atoms with Crippen molar-refractivity contribution < 1.29 is 22.6 Å². The largest absolute Gasteiger partial charge is 0.493 e. The van der Waals surface area contributed by atoms with Crippen molar-refractivity contribution in [2.45, 2.75) is 18.0 Å². The molecule has 0 amide bonds. The van der Waals surface area contributed by atoms with Crippen LogP contribution >= 0.6 is 0 Å². The van der Waals surface area contributed by atoms with Crippen LogP contribution in [0.4, 0.5) is 5.95 Å². The van der Waals surface area contributed by atoms with Gasteiger partial charge in [-0.3, -0.25) is 0 Å². The fourth-order valence-electron chi connectivity index (χ4n) is 3.33. The van der Waals surface area contributed by atoms with Crippen molar-refractivity contribution in [3.63, 3.8) is 0 Å². The summed E-state index contributed by atoms with van der Waals surface area (Å²) >= 11 is 0. The molecule has 4 rings (SSSR count). The summed E-state index contributed by atoms with van der Waals surface area (Å²) in [7, 11) is -0.723. The number of fused-ring (bicyclic) bond motifs is 1. The Morgan fingerprint density at radius 3 is 2.54 bits per heavy atom. The van der Waals surface area contributed by atoms with Crippen molar-refractivity contribution >= 4 is 16.0 Å². The highest BCUT2D eigenvalue weighted by molar-refractivity contribution is 7.89. The Bertz CT molecular complexity index is 976. The van der Waals surface area contributed by atoms with Crippen LogP contribution in [0.2, 0.25) is 0 Å². The summed E-state index contributed by atoms with van der Waals surface area (Å²) in [5.41, 5.74) is 1.56. The molecule has 3 heterocycles. The third kappa shape index (κ3) is 3.38. The van der Waals surface area contributed by atoms with Gasteiger partial charge in [0.2, 0.25) is 16.0 Å². The maximum absolute atomic E-state index is 13.1. The molecule has 0 aliphatic carbocycles. The molecule has 2 aromatic rings. The van der Waals surface area contributed by atoms with Gasteiger partial charge in [0.1, 0.15) is 0 Å². The first-order valence-corrected chi connectivity index (χ1v) is 10.4. The second-order valence-corrected chi connectivity index (χ2v) is 8.47. The highest BCUT2D eigenvalue weighted by Gasteiger charge is 2.33. The van der Waals surface area contributed by atoms with Crippen molar-refractivity contribution in [1.29, 1.82) is 0 Å². The first-order chi connectivity index (χ1) is 13.5. The van der Waals surface area contributed by atoms with Crippen molar-refractivity contribution in [2.24, 2.45) is 0 Å². The third-order valence-corrected chi connectivity index (χ3v) is 6.69. The number of anilines is 1. The molecule has 1 aromatic carbocycles. The molecule has 0 saturated carbocycles. The highest BCUT2D eigenvalue weighted by atomic mass is 32.2. The van der Waals surface area contributed by atoms with Gasteiger partial charge >= 0.3 is 0 Å². The number of nitrogens with zero attached hydrogens (tertiary/aromatic N) is 4. The molecule has 28 heavy (non-hydrogen) atoms. The lowest BCUT2D eigenvalue weighted by Crippen LogP contribution is -2.37. The molecule has 0 radical (unpaired) electrons. The van der Waals surface area contributed by atoms with Gasteiger partial charge in [-0.05, 0) is 12.1 Å². The maximum Gasteiger partial charge on any atom is 0.243 e. The van der Waals surface area contributed by atoms with E-state index in [2.05, 4.69) is 14.9 Å². The number of hydrogen-bond acceptors (Lipinski definition) is 8. The molecule has 1 fully saturated rings. The Morgan fingerprint density at radius 2 is 1.82 bits per heavy atom. The van der Waals surface area contributed by atoms with Gasteiger partial charge in [-0.2, -0.15) is 4.31 Å². The van der Waals surface area contributed by atoms with Gasteiger partial charge in [-0.25, -0.2) is 18.4 Å². The van der Waals surface area contributed by atoms with E-state index in [9.17, 15) is 8.42 Å². The molecular weight excluding hydrogens is 384 g/mol. The van der Waals surface area contributed by atoms with E-state index in [1.54, 1.807) is 12.3 Å². The van der Waals surface area contributed by atoms with E-state index >= 15 is 0 Å². The summed E-state index contributed by atoms with van der Waals surface area (Å²) in [4.78, 5) is 11.2. The fourth-order valence-corrected chi connectivity index (χ4v) is 4.72. The molecule has 0 bridgehead atoms. The van der Waals surface area contributed by atoms with Gasteiger partial charge < -0.3 is 19.1 Å². The Labute approximate surface area is 163 Å². The normalized spacial score (nSPS) is 17.4. The van der Waals surface area contributed by atoms with E-state index in [1.807, 2.05) is 0 Å². The van der Waals surface area contributed by atoms with Crippen LogP contribution in [0.25, 0.3) is 0 Å². The number of rotatable bonds is 5. The van der Waals surface area contributed by atoms with Gasteiger partial charge in [-0.15, -0.1) is 0 Å². The summed E-state index contributed by atoms with van der Waals surface area (Å²) in [5.74, 6) is 1.47. The first-order valence-electron chi connectivity index (χ1n) is 8.92. The van der Waals surface area contributed by atoms with Crippen LogP contribution in [-0.4, -0.2) is 63.2 Å². The number of aromatic nitrogens is 2. The van der Waals surface area contributed by atoms with E-state index in [4.69, 9.17) is 14.2 Å². The summed E-state index contributed by atoms with van der Waals surface area (Å²) in [6.45, 7) is 3.20. The topological polar surface area (TPSA) is 94.1 Å². The van der Waals surface area contributed by atoms with Crippen LogP contribution < -0.4 is 14.4 Å². The highest BCUT2D eigenvalue weighted by Crippen LogP contribution is 2.33. The number of hydrogen-bond donors (Lipinski definition) is 0. The predicted octanol–water partition coefficient (Wildman–Crippen LogP) is 1.03. The summed E-state index contributed by atoms with van der Waals surface area (Å²) in [6.07, 6.45) is 1.72. The minimum absolute atomic E-state index is 0.152. The van der Waals surface area contributed by atoms with Crippen molar-refractivity contribution in [1.82, 2.24) is 14.3 Å². The van der Waals surface area contributed by atoms with E-state index in [1.165, 1.54) is 30.7 Å². The summed E-state index contributed by atoms with van der Waals surface area (Å²) in [5, 5.41) is 0. The molecule has 0 N–H and O–H groups in total. The predicted molar refractivity (Wildman–Crippen MR) is 101 cm³/mol. The molecule has 0 atom stereocenters. The quantitative estimate of drug-likeness (QED) is 0.727. The van der Waals surface area contributed by atoms with Crippen LogP contribution in [0, 0.1) is 0 Å². The zero-order chi connectivity index (χ0) is 19.7. The number of methoxy groups -OCH3 is 2. The van der Waals surface area contributed by atoms with Crippen molar-refractivity contribution in [2.75, 3.05) is 45.4 Å². The minimum atomic E-state index is -3.71. The van der Waals surface area contributed by atoms with Crippen LogP contribution in [0.5, 0.6) is 11.5 Å². The molecule has 2 aliphatic heterocycles. The molecule has 10 heteroatoms. The average Bonchev–Trinajstić information content (AvgIpc) is 3.18. The number of morpholine rings is 1. The molecule has 0 unspecified atom stereocenters. The zero-order valence-corrected chi connectivity index (χ0v) is 16.6. The van der Waals surface area contributed by atoms with Crippen LogP contribution in [-0.2, 0) is 27.8 Å². The summed E-state index contributed by atoms with van der Waals surface area (Å²) in [6, 6.07) is 4.58. The van der Waals surface area contributed by atoms with Crippen molar-refractivity contribution in [3.05, 3.63) is 35.7 Å². The molecule has 1 saturated heterocycles. The monoisotopic (exact) mass is 406 g/mol. The standard InChI is InChI=1S/C18H22N4O5S/c1-25-16-4-3-14(9-17(16)26-2)28(23,24)22-11-13-10-19-18(20-15(13)12-22)21-5-7-27-8-6-21/h3-4,9-10H,5-8,11-12H2,1-2H3. The molecule has 1 aromatic heterocycles. The van der Waals surface area contributed by atoms with Crippen molar-refractivity contribution in [3.8, 4) is 11.5 Å². The number of benzene rings is 1.